The summed E-state index contributed by atoms with van der Waals surface area (Å²) in [5.41, 5.74) is 1.19. The summed E-state index contributed by atoms with van der Waals surface area (Å²) >= 11 is 0. The molecule has 2 saturated heterocycles. The van der Waals surface area contributed by atoms with Crippen LogP contribution in [0.1, 0.15) is 35.8 Å². The van der Waals surface area contributed by atoms with Gasteiger partial charge in [0.05, 0.1) is 12.9 Å². The number of carbonyl (C=O) groups excluding carboxylic acids is 1. The fourth-order valence-electron chi connectivity index (χ4n) is 4.16. The van der Waals surface area contributed by atoms with Crippen LogP contribution < -0.4 is 5.32 Å². The number of nitrogens with one attached hydrogen (secondary N) is 1. The smallest absolute Gasteiger partial charge is 0.256 e. The van der Waals surface area contributed by atoms with Crippen molar-refractivity contribution in [1.82, 2.24) is 19.5 Å². The van der Waals surface area contributed by atoms with E-state index in [1.165, 1.54) is 12.7 Å². The summed E-state index contributed by atoms with van der Waals surface area (Å²) in [6.07, 6.45) is 1.47. The van der Waals surface area contributed by atoms with Gasteiger partial charge < -0.3 is 29.7 Å². The van der Waals surface area contributed by atoms with Gasteiger partial charge >= 0.3 is 0 Å². The number of carbonyl (C=O) groups is 1. The highest BCUT2D eigenvalue weighted by atomic mass is 16.7. The molecule has 0 saturated carbocycles. The average molecular weight is 455 g/mol. The number of fused-ring (bicyclic) bond motifs is 1. The number of imidazole rings is 1. The zero-order chi connectivity index (χ0) is 22.8. The van der Waals surface area contributed by atoms with E-state index in [-0.39, 0.29) is 18.3 Å². The lowest BCUT2D eigenvalue weighted by molar-refractivity contribution is -0.210. The van der Waals surface area contributed by atoms with Crippen LogP contribution in [0, 0.1) is 0 Å². The van der Waals surface area contributed by atoms with Crippen molar-refractivity contribution < 1.29 is 29.2 Å². The van der Waals surface area contributed by atoms with E-state index in [4.69, 9.17) is 14.2 Å². The molecule has 0 aliphatic carbocycles. The van der Waals surface area contributed by atoms with Crippen molar-refractivity contribution in [3.63, 3.8) is 0 Å². The predicted octanol–water partition coefficient (Wildman–Crippen LogP) is 1.24. The van der Waals surface area contributed by atoms with Crippen LogP contribution in [0.2, 0.25) is 0 Å². The zero-order valence-electron chi connectivity index (χ0n) is 17.8. The molecule has 3 N–H and O–H groups in total. The molecule has 2 aliphatic heterocycles. The van der Waals surface area contributed by atoms with Crippen LogP contribution >= 0.6 is 0 Å². The highest BCUT2D eigenvalue weighted by Gasteiger charge is 2.47. The lowest BCUT2D eigenvalue weighted by Crippen LogP contribution is -2.40. The second-order valence-electron chi connectivity index (χ2n) is 8.00. The Bertz CT molecular complexity index is 1100. The van der Waals surface area contributed by atoms with Gasteiger partial charge in [-0.2, -0.15) is 0 Å². The molecule has 2 fully saturated rings. The van der Waals surface area contributed by atoms with Crippen molar-refractivity contribution in [2.75, 3.05) is 18.5 Å². The van der Waals surface area contributed by atoms with E-state index in [0.717, 1.165) is 19.3 Å². The molecular formula is C22H25N5O6. The number of aliphatic hydroxyl groups excluding tert-OH is 2. The van der Waals surface area contributed by atoms with Crippen LogP contribution in [-0.4, -0.2) is 73.5 Å². The molecular weight excluding hydrogens is 430 g/mol. The van der Waals surface area contributed by atoms with Gasteiger partial charge in [0.1, 0.15) is 24.6 Å². The van der Waals surface area contributed by atoms with Gasteiger partial charge in [-0.3, -0.25) is 9.36 Å². The molecule has 4 heterocycles. The van der Waals surface area contributed by atoms with Gasteiger partial charge in [-0.05, 0) is 31.4 Å². The third kappa shape index (κ3) is 4.33. The standard InChI is InChI=1S/C22H25N5O6/c28-10-14-18(33-15-8-4-5-9-31-15)17(29)22(32-14)27-12-25-16-19(23-11-24-20(16)27)26-21(30)13-6-2-1-3-7-13/h1-3,6-7,11-12,14-15,17-18,22,28-29H,4-5,8-10H2,(H,23,24,26,30)/t14-,15?,17-,18-,22-/m1/s1. The highest BCUT2D eigenvalue weighted by Crippen LogP contribution is 2.35. The number of nitrogens with zero attached hydrogens (tertiary/aromatic N) is 4. The van der Waals surface area contributed by atoms with Gasteiger partial charge in [0.25, 0.3) is 5.91 Å². The summed E-state index contributed by atoms with van der Waals surface area (Å²) in [5, 5.41) is 23.6. The van der Waals surface area contributed by atoms with Crippen molar-refractivity contribution >= 4 is 22.9 Å². The van der Waals surface area contributed by atoms with Crippen LogP contribution in [0.15, 0.2) is 43.0 Å². The van der Waals surface area contributed by atoms with Crippen LogP contribution in [-0.2, 0) is 14.2 Å². The third-order valence-electron chi connectivity index (χ3n) is 5.84. The Morgan fingerprint density at radius 2 is 2.06 bits per heavy atom. The van der Waals surface area contributed by atoms with E-state index in [9.17, 15) is 15.0 Å². The molecule has 174 valence electrons. The first-order chi connectivity index (χ1) is 16.2. The maximum absolute atomic E-state index is 12.6. The Balaban J connectivity index is 1.38. The molecule has 1 unspecified atom stereocenters. The van der Waals surface area contributed by atoms with E-state index in [0.29, 0.717) is 23.3 Å². The predicted molar refractivity (Wildman–Crippen MR) is 115 cm³/mol. The van der Waals surface area contributed by atoms with Gasteiger partial charge in [0.15, 0.2) is 29.5 Å². The van der Waals surface area contributed by atoms with Crippen LogP contribution in [0.3, 0.4) is 0 Å². The molecule has 33 heavy (non-hydrogen) atoms. The van der Waals surface area contributed by atoms with E-state index < -0.39 is 30.8 Å². The third-order valence-corrected chi connectivity index (χ3v) is 5.84. The van der Waals surface area contributed by atoms with Crippen molar-refractivity contribution in [3.8, 4) is 0 Å². The molecule has 11 heteroatoms. The Morgan fingerprint density at radius 3 is 2.82 bits per heavy atom. The molecule has 11 nitrogen and oxygen atoms in total. The number of hydrogen-bond donors (Lipinski definition) is 3. The molecule has 2 aliphatic rings. The number of ether oxygens (including phenoxy) is 3. The van der Waals surface area contributed by atoms with Crippen molar-refractivity contribution in [2.45, 2.75) is 50.1 Å². The number of aliphatic hydroxyl groups is 2. The summed E-state index contributed by atoms with van der Waals surface area (Å²) < 4.78 is 19.0. The van der Waals surface area contributed by atoms with E-state index in [2.05, 4.69) is 20.3 Å². The summed E-state index contributed by atoms with van der Waals surface area (Å²) in [6, 6.07) is 8.75. The summed E-state index contributed by atoms with van der Waals surface area (Å²) in [5.74, 6) is -0.0919. The highest BCUT2D eigenvalue weighted by molar-refractivity contribution is 6.06. The molecule has 0 bridgehead atoms. The average Bonchev–Trinajstić information content (AvgIpc) is 3.42. The quantitative estimate of drug-likeness (QED) is 0.501. The minimum atomic E-state index is -1.09. The first-order valence-corrected chi connectivity index (χ1v) is 10.9. The van der Waals surface area contributed by atoms with Gasteiger partial charge in [-0.1, -0.05) is 18.2 Å². The van der Waals surface area contributed by atoms with Crippen molar-refractivity contribution in [2.24, 2.45) is 0 Å². The molecule has 0 radical (unpaired) electrons. The monoisotopic (exact) mass is 455 g/mol. The lowest BCUT2D eigenvalue weighted by Gasteiger charge is -2.28. The first kappa shape index (κ1) is 21.9. The lowest BCUT2D eigenvalue weighted by atomic mass is 10.1. The number of aromatic nitrogens is 4. The van der Waals surface area contributed by atoms with Crippen LogP contribution in [0.5, 0.6) is 0 Å². The van der Waals surface area contributed by atoms with Gasteiger partial charge in [0, 0.05) is 12.2 Å². The van der Waals surface area contributed by atoms with Gasteiger partial charge in [-0.25, -0.2) is 15.0 Å². The molecule has 2 aromatic heterocycles. The Hall–Kier alpha value is -2.96. The molecule has 1 amide bonds. The minimum Gasteiger partial charge on any atom is -0.394 e. The molecule has 3 aromatic rings. The number of rotatable bonds is 6. The van der Waals surface area contributed by atoms with E-state index >= 15 is 0 Å². The first-order valence-electron chi connectivity index (χ1n) is 10.9. The Morgan fingerprint density at radius 1 is 1.21 bits per heavy atom. The maximum atomic E-state index is 12.6. The van der Waals surface area contributed by atoms with Crippen LogP contribution in [0.25, 0.3) is 11.2 Å². The zero-order valence-corrected chi connectivity index (χ0v) is 17.8. The largest absolute Gasteiger partial charge is 0.394 e. The minimum absolute atomic E-state index is 0.238. The topological polar surface area (TPSA) is 141 Å². The summed E-state index contributed by atoms with van der Waals surface area (Å²) in [4.78, 5) is 25.3. The molecule has 5 atom stereocenters. The van der Waals surface area contributed by atoms with Crippen molar-refractivity contribution in [3.05, 3.63) is 48.5 Å². The fourth-order valence-corrected chi connectivity index (χ4v) is 4.16. The van der Waals surface area contributed by atoms with E-state index in [1.807, 2.05) is 6.07 Å². The fraction of sp³-hybridized carbons (Fsp3) is 0.455. The normalized spacial score (nSPS) is 27.6. The number of anilines is 1. The molecule has 5 rings (SSSR count). The maximum Gasteiger partial charge on any atom is 0.256 e. The molecule has 0 spiro atoms. The summed E-state index contributed by atoms with van der Waals surface area (Å²) in [6.45, 7) is 0.271. The number of benzene rings is 1. The number of hydrogen-bond acceptors (Lipinski definition) is 9. The van der Waals surface area contributed by atoms with Gasteiger partial charge in [0.2, 0.25) is 0 Å². The second-order valence-corrected chi connectivity index (χ2v) is 8.00. The SMILES string of the molecule is O=C(Nc1ncnc2c1ncn2[C@@H]1O[C@H](CO)[C@@H](OC2CCCCO2)[C@H]1O)c1ccccc1. The summed E-state index contributed by atoms with van der Waals surface area (Å²) in [7, 11) is 0. The van der Waals surface area contributed by atoms with E-state index in [1.54, 1.807) is 28.8 Å². The molecule has 1 aromatic carbocycles. The van der Waals surface area contributed by atoms with Crippen LogP contribution in [0.4, 0.5) is 5.82 Å². The van der Waals surface area contributed by atoms with Gasteiger partial charge in [-0.15, -0.1) is 0 Å². The van der Waals surface area contributed by atoms with Crippen molar-refractivity contribution in [1.29, 1.82) is 0 Å². The second kappa shape index (κ2) is 9.49. The Labute approximate surface area is 189 Å². The number of amides is 1. The Kier molecular flexibility index (Phi) is 6.29.